The van der Waals surface area contributed by atoms with Crippen molar-refractivity contribution in [3.63, 3.8) is 0 Å². The van der Waals surface area contributed by atoms with Gasteiger partial charge in [-0.3, -0.25) is 0 Å². The van der Waals surface area contributed by atoms with Crippen LogP contribution in [0.15, 0.2) is 18.5 Å². The number of aliphatic hydroxyl groups is 1. The fourth-order valence-corrected chi connectivity index (χ4v) is 2.18. The summed E-state index contributed by atoms with van der Waals surface area (Å²) in [4.78, 5) is 14.5. The highest BCUT2D eigenvalue weighted by atomic mass is 35.5. The summed E-state index contributed by atoms with van der Waals surface area (Å²) in [6.45, 7) is 1.42. The van der Waals surface area contributed by atoms with Crippen molar-refractivity contribution in [1.82, 2.24) is 24.7 Å². The number of hydrogen-bond donors (Lipinski definition) is 1. The van der Waals surface area contributed by atoms with E-state index in [-0.39, 0.29) is 11.4 Å². The molecule has 0 atom stereocenters. The predicted molar refractivity (Wildman–Crippen MR) is 69.4 cm³/mol. The molecule has 0 bridgehead atoms. The van der Waals surface area contributed by atoms with Crippen molar-refractivity contribution in [2.75, 3.05) is 18.0 Å². The van der Waals surface area contributed by atoms with Crippen LogP contribution in [0.4, 0.5) is 5.95 Å². The Balaban J connectivity index is 1.90. The van der Waals surface area contributed by atoms with Crippen LogP contribution in [0.3, 0.4) is 0 Å². The molecule has 1 fully saturated rings. The van der Waals surface area contributed by atoms with Gasteiger partial charge in [0.1, 0.15) is 0 Å². The molecule has 1 aliphatic heterocycles. The first-order valence-corrected chi connectivity index (χ1v) is 6.45. The number of rotatable bonds is 2. The summed E-state index contributed by atoms with van der Waals surface area (Å²) in [5.41, 5.74) is 0. The Kier molecular flexibility index (Phi) is 3.31. The lowest BCUT2D eigenvalue weighted by atomic mass is 10.1. The Labute approximate surface area is 114 Å². The quantitative estimate of drug-likeness (QED) is 0.871. The minimum absolute atomic E-state index is 0.140. The van der Waals surface area contributed by atoms with E-state index in [0.717, 1.165) is 0 Å². The van der Waals surface area contributed by atoms with Crippen LogP contribution in [0.25, 0.3) is 5.95 Å². The van der Waals surface area contributed by atoms with Gasteiger partial charge in [0.25, 0.3) is 5.95 Å². The third kappa shape index (κ3) is 2.66. The van der Waals surface area contributed by atoms with Crippen LogP contribution in [0, 0.1) is 0 Å². The van der Waals surface area contributed by atoms with Crippen molar-refractivity contribution in [2.45, 2.75) is 18.9 Å². The first-order valence-electron chi connectivity index (χ1n) is 6.07. The summed E-state index contributed by atoms with van der Waals surface area (Å²) in [5, 5.41) is 13.7. The second-order valence-corrected chi connectivity index (χ2v) is 4.71. The molecule has 0 unspecified atom stereocenters. The van der Waals surface area contributed by atoms with Gasteiger partial charge >= 0.3 is 0 Å². The van der Waals surface area contributed by atoms with Crippen molar-refractivity contribution in [3.8, 4) is 5.95 Å². The molecule has 0 saturated carbocycles. The van der Waals surface area contributed by atoms with Crippen LogP contribution in [-0.4, -0.2) is 49.0 Å². The lowest BCUT2D eigenvalue weighted by Gasteiger charge is -2.29. The molecule has 1 aliphatic rings. The second kappa shape index (κ2) is 5.10. The van der Waals surface area contributed by atoms with Gasteiger partial charge in [-0.1, -0.05) is 0 Å². The Morgan fingerprint density at radius 2 is 1.89 bits per heavy atom. The first kappa shape index (κ1) is 12.3. The monoisotopic (exact) mass is 280 g/mol. The molecule has 0 aromatic carbocycles. The van der Waals surface area contributed by atoms with Crippen molar-refractivity contribution in [3.05, 3.63) is 23.7 Å². The molecule has 100 valence electrons. The molecule has 0 spiro atoms. The van der Waals surface area contributed by atoms with Gasteiger partial charge in [-0.15, -0.1) is 0 Å². The minimum Gasteiger partial charge on any atom is -0.393 e. The van der Waals surface area contributed by atoms with E-state index in [0.29, 0.717) is 37.8 Å². The van der Waals surface area contributed by atoms with E-state index in [1.54, 1.807) is 18.5 Å². The Hall–Kier alpha value is -1.73. The zero-order chi connectivity index (χ0) is 13.2. The van der Waals surface area contributed by atoms with Crippen LogP contribution < -0.4 is 4.90 Å². The van der Waals surface area contributed by atoms with E-state index >= 15 is 0 Å². The highest BCUT2D eigenvalue weighted by molar-refractivity contribution is 6.28. The van der Waals surface area contributed by atoms with Crippen LogP contribution in [0.2, 0.25) is 5.28 Å². The Morgan fingerprint density at radius 1 is 1.16 bits per heavy atom. The summed E-state index contributed by atoms with van der Waals surface area (Å²) >= 11 is 5.94. The fourth-order valence-electron chi connectivity index (χ4n) is 2.03. The number of piperidine rings is 1. The normalized spacial score (nSPS) is 16.8. The van der Waals surface area contributed by atoms with Gasteiger partial charge in [-0.05, 0) is 30.5 Å². The van der Waals surface area contributed by atoms with E-state index < -0.39 is 0 Å². The van der Waals surface area contributed by atoms with E-state index in [4.69, 9.17) is 11.6 Å². The smallest absolute Gasteiger partial charge is 0.256 e. The Bertz CT molecular complexity index is 552. The molecule has 0 aliphatic carbocycles. The van der Waals surface area contributed by atoms with E-state index in [1.807, 2.05) is 4.90 Å². The number of halogens is 1. The van der Waals surface area contributed by atoms with Gasteiger partial charge in [-0.2, -0.15) is 20.1 Å². The van der Waals surface area contributed by atoms with E-state index in [2.05, 4.69) is 20.1 Å². The molecule has 0 amide bonds. The summed E-state index contributed by atoms with van der Waals surface area (Å²) < 4.78 is 1.54. The van der Waals surface area contributed by atoms with Crippen molar-refractivity contribution < 1.29 is 5.11 Å². The SMILES string of the molecule is OC1CCN(c2nc(Cl)nc(-n3cccn3)n2)CC1. The van der Waals surface area contributed by atoms with Crippen LogP contribution in [0.1, 0.15) is 12.8 Å². The molecule has 7 nitrogen and oxygen atoms in total. The molecule has 0 radical (unpaired) electrons. The lowest BCUT2D eigenvalue weighted by molar-refractivity contribution is 0.145. The molecule has 2 aromatic rings. The van der Waals surface area contributed by atoms with Crippen molar-refractivity contribution in [2.24, 2.45) is 0 Å². The number of hydrogen-bond acceptors (Lipinski definition) is 6. The maximum absolute atomic E-state index is 9.51. The first-order chi connectivity index (χ1) is 9.22. The summed E-state index contributed by atoms with van der Waals surface area (Å²) in [6.07, 6.45) is 4.57. The second-order valence-electron chi connectivity index (χ2n) is 4.37. The lowest BCUT2D eigenvalue weighted by Crippen LogP contribution is -2.37. The molecule has 3 heterocycles. The average Bonchev–Trinajstić information content (AvgIpc) is 2.93. The van der Waals surface area contributed by atoms with Gasteiger partial charge in [0.2, 0.25) is 11.2 Å². The molecular weight excluding hydrogens is 268 g/mol. The molecule has 8 heteroatoms. The van der Waals surface area contributed by atoms with Gasteiger partial charge in [-0.25, -0.2) is 4.68 Å². The van der Waals surface area contributed by atoms with Crippen LogP contribution >= 0.6 is 11.6 Å². The highest BCUT2D eigenvalue weighted by Crippen LogP contribution is 2.18. The number of anilines is 1. The van der Waals surface area contributed by atoms with E-state index in [9.17, 15) is 5.11 Å². The maximum Gasteiger partial charge on any atom is 0.256 e. The van der Waals surface area contributed by atoms with Gasteiger partial charge in [0, 0.05) is 25.5 Å². The topological polar surface area (TPSA) is 80.0 Å². The standard InChI is InChI=1S/C11H13ClN6O/c12-9-14-10(17-6-2-8(19)3-7-17)16-11(15-9)18-5-1-4-13-18/h1,4-5,8,19H,2-3,6-7H2. The molecule has 2 aromatic heterocycles. The summed E-state index contributed by atoms with van der Waals surface area (Å²) in [7, 11) is 0. The van der Waals surface area contributed by atoms with Gasteiger partial charge < -0.3 is 10.0 Å². The number of nitrogens with zero attached hydrogens (tertiary/aromatic N) is 6. The van der Waals surface area contributed by atoms with Gasteiger partial charge in [0.15, 0.2) is 0 Å². The zero-order valence-corrected chi connectivity index (χ0v) is 10.9. The molecule has 3 rings (SSSR count). The summed E-state index contributed by atoms with van der Waals surface area (Å²) in [6, 6.07) is 1.79. The fraction of sp³-hybridized carbons (Fsp3) is 0.455. The third-order valence-electron chi connectivity index (χ3n) is 3.04. The van der Waals surface area contributed by atoms with Crippen LogP contribution in [-0.2, 0) is 0 Å². The van der Waals surface area contributed by atoms with Crippen molar-refractivity contribution in [1.29, 1.82) is 0 Å². The van der Waals surface area contributed by atoms with Gasteiger partial charge in [0.05, 0.1) is 6.10 Å². The zero-order valence-electron chi connectivity index (χ0n) is 10.1. The average molecular weight is 281 g/mol. The highest BCUT2D eigenvalue weighted by Gasteiger charge is 2.20. The summed E-state index contributed by atoms with van der Waals surface area (Å²) in [5.74, 6) is 0.920. The number of aliphatic hydroxyl groups excluding tert-OH is 1. The van der Waals surface area contributed by atoms with Crippen LogP contribution in [0.5, 0.6) is 0 Å². The molecule has 1 N–H and O–H groups in total. The van der Waals surface area contributed by atoms with E-state index in [1.165, 1.54) is 4.68 Å². The maximum atomic E-state index is 9.51. The molecular formula is C11H13ClN6O. The minimum atomic E-state index is -0.237. The third-order valence-corrected chi connectivity index (χ3v) is 3.21. The largest absolute Gasteiger partial charge is 0.393 e. The molecule has 19 heavy (non-hydrogen) atoms. The molecule has 1 saturated heterocycles. The number of aromatic nitrogens is 5. The van der Waals surface area contributed by atoms with Crippen molar-refractivity contribution >= 4 is 17.5 Å². The predicted octanol–water partition coefficient (Wildman–Crippen LogP) is 0.672. The Morgan fingerprint density at radius 3 is 2.58 bits per heavy atom.